The van der Waals surface area contributed by atoms with Gasteiger partial charge in [-0.2, -0.15) is 0 Å². The summed E-state index contributed by atoms with van der Waals surface area (Å²) in [6.45, 7) is 3.26. The molecule has 230 valence electrons. The number of carbonyl (C=O) groups excluding carboxylic acids is 2. The summed E-state index contributed by atoms with van der Waals surface area (Å²) in [5.74, 6) is -0.971. The fourth-order valence-electron chi connectivity index (χ4n) is 4.77. The quantitative estimate of drug-likeness (QED) is 0.177. The van der Waals surface area contributed by atoms with E-state index in [0.29, 0.717) is 38.4 Å². The van der Waals surface area contributed by atoms with Crippen LogP contribution in [0.5, 0.6) is 0 Å². The summed E-state index contributed by atoms with van der Waals surface area (Å²) in [6.07, 6.45) is 0.192. The van der Waals surface area contributed by atoms with Gasteiger partial charge in [0.25, 0.3) is 10.0 Å². The van der Waals surface area contributed by atoms with Gasteiger partial charge in [-0.15, -0.1) is 0 Å². The number of nitrogens with zero attached hydrogens (tertiary/aromatic N) is 2. The molecule has 0 bridgehead atoms. The van der Waals surface area contributed by atoms with E-state index in [1.165, 1.54) is 29.2 Å². The molecule has 0 radical (unpaired) electrons. The van der Waals surface area contributed by atoms with Gasteiger partial charge in [0.05, 0.1) is 10.6 Å². The van der Waals surface area contributed by atoms with Crippen molar-refractivity contribution in [2.75, 3.05) is 17.4 Å². The average molecular weight is 673 g/mol. The second-order valence-corrected chi connectivity index (χ2v) is 13.3. The third-order valence-corrected chi connectivity index (χ3v) is 9.66. The molecule has 44 heavy (non-hydrogen) atoms. The Bertz CT molecular complexity index is 1720. The van der Waals surface area contributed by atoms with Crippen LogP contribution in [0, 0.1) is 6.92 Å². The van der Waals surface area contributed by atoms with Crippen molar-refractivity contribution in [1.82, 2.24) is 10.2 Å². The number of halogens is 3. The predicted molar refractivity (Wildman–Crippen MR) is 177 cm³/mol. The Morgan fingerprint density at radius 3 is 2.11 bits per heavy atom. The molecule has 0 aliphatic heterocycles. The van der Waals surface area contributed by atoms with Crippen molar-refractivity contribution in [3.05, 3.63) is 129 Å². The number of likely N-dealkylation sites (N-methyl/N-ethyl adjacent to an activating group) is 1. The van der Waals surface area contributed by atoms with Gasteiger partial charge in [-0.05, 0) is 73.0 Å². The van der Waals surface area contributed by atoms with Gasteiger partial charge >= 0.3 is 0 Å². The van der Waals surface area contributed by atoms with E-state index in [-0.39, 0.29) is 23.8 Å². The molecule has 0 aliphatic carbocycles. The van der Waals surface area contributed by atoms with Gasteiger partial charge in [0.1, 0.15) is 12.6 Å². The van der Waals surface area contributed by atoms with Crippen molar-refractivity contribution in [1.29, 1.82) is 0 Å². The summed E-state index contributed by atoms with van der Waals surface area (Å²) in [6, 6.07) is 25.9. The molecule has 0 saturated carbocycles. The smallest absolute Gasteiger partial charge is 0.264 e. The first-order valence-corrected chi connectivity index (χ1v) is 16.5. The first-order chi connectivity index (χ1) is 21.0. The van der Waals surface area contributed by atoms with Crippen molar-refractivity contribution in [2.24, 2.45) is 0 Å². The lowest BCUT2D eigenvalue weighted by Crippen LogP contribution is -2.53. The third kappa shape index (κ3) is 8.12. The number of rotatable bonds is 12. The Kier molecular flexibility index (Phi) is 11.3. The van der Waals surface area contributed by atoms with Gasteiger partial charge in [-0.3, -0.25) is 13.9 Å². The molecule has 0 heterocycles. The molecule has 7 nitrogen and oxygen atoms in total. The number of hydrogen-bond acceptors (Lipinski definition) is 4. The Morgan fingerprint density at radius 1 is 0.841 bits per heavy atom. The molecule has 0 aromatic heterocycles. The highest BCUT2D eigenvalue weighted by molar-refractivity contribution is 7.92. The largest absolute Gasteiger partial charge is 0.355 e. The average Bonchev–Trinajstić information content (AvgIpc) is 3.00. The maximum absolute atomic E-state index is 14.4. The van der Waals surface area contributed by atoms with Crippen molar-refractivity contribution in [2.45, 2.75) is 37.8 Å². The molecule has 0 fully saturated rings. The fraction of sp³-hybridized carbons (Fsp3) is 0.212. The molecule has 11 heteroatoms. The molecular weight excluding hydrogens is 641 g/mol. The van der Waals surface area contributed by atoms with Crippen molar-refractivity contribution >= 4 is 62.3 Å². The molecule has 4 rings (SSSR count). The van der Waals surface area contributed by atoms with Crippen LogP contribution in [0.1, 0.15) is 23.6 Å². The number of anilines is 1. The topological polar surface area (TPSA) is 86.8 Å². The molecule has 2 amide bonds. The normalized spacial score (nSPS) is 11.9. The van der Waals surface area contributed by atoms with E-state index in [9.17, 15) is 18.0 Å². The van der Waals surface area contributed by atoms with Crippen LogP contribution >= 0.6 is 34.8 Å². The minimum Gasteiger partial charge on any atom is -0.355 e. The highest BCUT2D eigenvalue weighted by Crippen LogP contribution is 2.29. The van der Waals surface area contributed by atoms with Crippen LogP contribution in [0.25, 0.3) is 0 Å². The number of aryl methyl sites for hydroxylation is 1. The summed E-state index contributed by atoms with van der Waals surface area (Å²) in [5, 5.41) is 3.94. The van der Waals surface area contributed by atoms with Crippen LogP contribution in [0.3, 0.4) is 0 Å². The molecule has 0 aliphatic rings. The maximum Gasteiger partial charge on any atom is 0.264 e. The van der Waals surface area contributed by atoms with Crippen LogP contribution in [-0.2, 0) is 32.6 Å². The van der Waals surface area contributed by atoms with E-state index in [2.05, 4.69) is 5.32 Å². The van der Waals surface area contributed by atoms with Crippen LogP contribution in [-0.4, -0.2) is 44.3 Å². The van der Waals surface area contributed by atoms with Crippen LogP contribution < -0.4 is 9.62 Å². The lowest BCUT2D eigenvalue weighted by atomic mass is 10.0. The van der Waals surface area contributed by atoms with E-state index >= 15 is 0 Å². The number of para-hydroxylation sites is 1. The van der Waals surface area contributed by atoms with Gasteiger partial charge < -0.3 is 10.2 Å². The van der Waals surface area contributed by atoms with E-state index in [1.807, 2.05) is 30.3 Å². The molecule has 0 unspecified atom stereocenters. The number of sulfonamides is 1. The summed E-state index contributed by atoms with van der Waals surface area (Å²) >= 11 is 18.7. The highest BCUT2D eigenvalue weighted by Gasteiger charge is 2.35. The number of hydrogen-bond donors (Lipinski definition) is 1. The Labute approximate surface area is 273 Å². The number of carbonyl (C=O) groups is 2. The maximum atomic E-state index is 14.4. The van der Waals surface area contributed by atoms with Gasteiger partial charge in [0, 0.05) is 34.6 Å². The second-order valence-electron chi connectivity index (χ2n) is 10.1. The van der Waals surface area contributed by atoms with Crippen LogP contribution in [0.2, 0.25) is 15.1 Å². The minimum absolute atomic E-state index is 0.0326. The number of nitrogens with one attached hydrogen (secondary N) is 1. The van der Waals surface area contributed by atoms with Crippen molar-refractivity contribution in [3.63, 3.8) is 0 Å². The van der Waals surface area contributed by atoms with Crippen LogP contribution in [0.4, 0.5) is 5.69 Å². The number of amides is 2. The monoisotopic (exact) mass is 671 g/mol. The zero-order chi connectivity index (χ0) is 31.9. The lowest BCUT2D eigenvalue weighted by Gasteiger charge is -2.34. The molecular formula is C33H32Cl3N3O4S. The van der Waals surface area contributed by atoms with E-state index < -0.39 is 28.5 Å². The van der Waals surface area contributed by atoms with E-state index in [1.54, 1.807) is 56.3 Å². The summed E-state index contributed by atoms with van der Waals surface area (Å²) in [7, 11) is -4.24. The highest BCUT2D eigenvalue weighted by atomic mass is 35.5. The molecule has 4 aromatic rings. The third-order valence-electron chi connectivity index (χ3n) is 7.04. The molecule has 0 spiro atoms. The zero-order valence-corrected chi connectivity index (χ0v) is 27.3. The lowest BCUT2D eigenvalue weighted by molar-refractivity contribution is -0.140. The van der Waals surface area contributed by atoms with Crippen molar-refractivity contribution in [3.8, 4) is 0 Å². The van der Waals surface area contributed by atoms with Crippen molar-refractivity contribution < 1.29 is 18.0 Å². The molecule has 1 atom stereocenters. The Hall–Kier alpha value is -3.56. The number of benzene rings is 4. The van der Waals surface area contributed by atoms with E-state index in [4.69, 9.17) is 34.8 Å². The second kappa shape index (κ2) is 14.9. The van der Waals surface area contributed by atoms with Gasteiger partial charge in [0.2, 0.25) is 11.8 Å². The first-order valence-electron chi connectivity index (χ1n) is 13.9. The Balaban J connectivity index is 1.82. The molecule has 4 aromatic carbocycles. The summed E-state index contributed by atoms with van der Waals surface area (Å²) in [4.78, 5) is 29.4. The predicted octanol–water partition coefficient (Wildman–Crippen LogP) is 6.93. The Morgan fingerprint density at radius 2 is 1.48 bits per heavy atom. The minimum atomic E-state index is -4.24. The SMILES string of the molecule is CCNC(=O)[C@@H](Cc1ccccc1)N(Cc1ccc(Cl)cc1Cl)C(=O)CN(c1ccccc1C)S(=O)(=O)c1ccc(Cl)cc1. The van der Waals surface area contributed by atoms with E-state index in [0.717, 1.165) is 9.87 Å². The fourth-order valence-corrected chi connectivity index (χ4v) is 6.84. The first kappa shape index (κ1) is 33.3. The van der Waals surface area contributed by atoms with Gasteiger partial charge in [0.15, 0.2) is 0 Å². The molecule has 0 saturated heterocycles. The van der Waals surface area contributed by atoms with Gasteiger partial charge in [-0.25, -0.2) is 8.42 Å². The standard InChI is InChI=1S/C33H32Cl3N3O4S/c1-3-37-33(41)31(19-24-10-5-4-6-11-24)38(21-25-13-14-27(35)20-29(25)36)32(40)22-39(30-12-8-7-9-23(30)2)44(42,43)28-17-15-26(34)16-18-28/h4-18,20,31H,3,19,21-22H2,1-2H3,(H,37,41)/t31-/m1/s1. The summed E-state index contributed by atoms with van der Waals surface area (Å²) < 4.78 is 29.3. The zero-order valence-electron chi connectivity index (χ0n) is 24.2. The van der Waals surface area contributed by atoms with Crippen LogP contribution in [0.15, 0.2) is 102 Å². The van der Waals surface area contributed by atoms with Gasteiger partial charge in [-0.1, -0.05) is 89.4 Å². The molecule has 1 N–H and O–H groups in total. The summed E-state index contributed by atoms with van der Waals surface area (Å²) in [5.41, 5.74) is 2.36.